The molecule has 3 heteroatoms. The van der Waals surface area contributed by atoms with Gasteiger partial charge in [0.1, 0.15) is 0 Å². The van der Waals surface area contributed by atoms with Crippen molar-refractivity contribution in [3.8, 4) is 0 Å². The van der Waals surface area contributed by atoms with Crippen molar-refractivity contribution in [3.05, 3.63) is 35.9 Å². The van der Waals surface area contributed by atoms with Crippen molar-refractivity contribution < 1.29 is 9.47 Å². The number of hydrogen-bond donors (Lipinski definition) is 0. The summed E-state index contributed by atoms with van der Waals surface area (Å²) in [6, 6.07) is 11.1. The van der Waals surface area contributed by atoms with Gasteiger partial charge in [-0.25, -0.2) is 0 Å². The average Bonchev–Trinajstić information content (AvgIpc) is 2.80. The summed E-state index contributed by atoms with van der Waals surface area (Å²) >= 11 is 0. The molecular formula is C15H23NO2. The first kappa shape index (κ1) is 13.5. The van der Waals surface area contributed by atoms with Crippen LogP contribution in [0.2, 0.25) is 0 Å². The number of hydrogen-bond acceptors (Lipinski definition) is 3. The molecule has 2 rings (SSSR count). The fraction of sp³-hybridized carbons (Fsp3) is 0.600. The van der Waals surface area contributed by atoms with E-state index < -0.39 is 0 Å². The third-order valence-corrected chi connectivity index (χ3v) is 3.77. The van der Waals surface area contributed by atoms with E-state index in [2.05, 4.69) is 35.2 Å². The van der Waals surface area contributed by atoms with Crippen LogP contribution in [0.1, 0.15) is 12.0 Å². The fourth-order valence-corrected chi connectivity index (χ4v) is 2.76. The normalized spacial score (nSPS) is 24.6. The topological polar surface area (TPSA) is 21.7 Å². The summed E-state index contributed by atoms with van der Waals surface area (Å²) < 4.78 is 10.8. The molecule has 0 spiro atoms. The standard InChI is InChI=1S/C15H23NO2/c1-17-11-10-16-9-8-15(18-2)14(16)12-13-6-4-3-5-7-13/h3-7,14-15H,8-12H2,1-2H3/t14-,15+/m0/s1. The summed E-state index contributed by atoms with van der Waals surface area (Å²) in [5, 5.41) is 0. The lowest BCUT2D eigenvalue weighted by molar-refractivity contribution is 0.0572. The molecule has 0 aliphatic carbocycles. The van der Waals surface area contributed by atoms with E-state index in [4.69, 9.17) is 9.47 Å². The predicted molar refractivity (Wildman–Crippen MR) is 72.8 cm³/mol. The van der Waals surface area contributed by atoms with Crippen LogP contribution in [0, 0.1) is 0 Å². The molecule has 1 fully saturated rings. The minimum absolute atomic E-state index is 0.349. The Kier molecular flexibility index (Phi) is 5.17. The Morgan fingerprint density at radius 2 is 2.00 bits per heavy atom. The summed E-state index contributed by atoms with van der Waals surface area (Å²) in [7, 11) is 3.58. The molecule has 0 unspecified atom stereocenters. The van der Waals surface area contributed by atoms with Crippen LogP contribution in [0.5, 0.6) is 0 Å². The van der Waals surface area contributed by atoms with Gasteiger partial charge in [0.2, 0.25) is 0 Å². The minimum atomic E-state index is 0.349. The quantitative estimate of drug-likeness (QED) is 0.769. The molecule has 0 saturated carbocycles. The Morgan fingerprint density at radius 1 is 1.22 bits per heavy atom. The van der Waals surface area contributed by atoms with E-state index in [1.165, 1.54) is 5.56 Å². The molecule has 1 aliphatic rings. The van der Waals surface area contributed by atoms with Gasteiger partial charge in [-0.15, -0.1) is 0 Å². The predicted octanol–water partition coefficient (Wildman–Crippen LogP) is 1.96. The van der Waals surface area contributed by atoms with Crippen molar-refractivity contribution in [2.45, 2.75) is 25.0 Å². The molecule has 1 aliphatic heterocycles. The van der Waals surface area contributed by atoms with Gasteiger partial charge < -0.3 is 9.47 Å². The summed E-state index contributed by atoms with van der Waals surface area (Å²) in [5.41, 5.74) is 1.38. The van der Waals surface area contributed by atoms with Gasteiger partial charge in [-0.3, -0.25) is 4.90 Å². The Bertz CT molecular complexity index is 342. The third-order valence-electron chi connectivity index (χ3n) is 3.77. The largest absolute Gasteiger partial charge is 0.383 e. The first-order valence-corrected chi connectivity index (χ1v) is 6.65. The second kappa shape index (κ2) is 6.88. The third kappa shape index (κ3) is 3.31. The Hall–Kier alpha value is -0.900. The fourth-order valence-electron chi connectivity index (χ4n) is 2.76. The molecule has 0 amide bonds. The number of benzene rings is 1. The van der Waals surface area contributed by atoms with E-state index in [-0.39, 0.29) is 0 Å². The molecule has 2 atom stereocenters. The lowest BCUT2D eigenvalue weighted by Crippen LogP contribution is -2.39. The van der Waals surface area contributed by atoms with E-state index in [9.17, 15) is 0 Å². The minimum Gasteiger partial charge on any atom is -0.383 e. The van der Waals surface area contributed by atoms with Crippen molar-refractivity contribution in [1.82, 2.24) is 4.90 Å². The van der Waals surface area contributed by atoms with Gasteiger partial charge in [-0.05, 0) is 18.4 Å². The van der Waals surface area contributed by atoms with Crippen LogP contribution in [-0.4, -0.2) is 51.0 Å². The van der Waals surface area contributed by atoms with Crippen LogP contribution in [0.15, 0.2) is 30.3 Å². The monoisotopic (exact) mass is 249 g/mol. The summed E-state index contributed by atoms with van der Waals surface area (Å²) in [4.78, 5) is 2.49. The summed E-state index contributed by atoms with van der Waals surface area (Å²) in [6.45, 7) is 2.90. The van der Waals surface area contributed by atoms with Crippen LogP contribution >= 0.6 is 0 Å². The smallest absolute Gasteiger partial charge is 0.0741 e. The van der Waals surface area contributed by atoms with Crippen LogP contribution < -0.4 is 0 Å². The van der Waals surface area contributed by atoms with E-state index >= 15 is 0 Å². The van der Waals surface area contributed by atoms with Gasteiger partial charge >= 0.3 is 0 Å². The van der Waals surface area contributed by atoms with Crippen LogP contribution in [-0.2, 0) is 15.9 Å². The van der Waals surface area contributed by atoms with E-state index in [0.29, 0.717) is 12.1 Å². The van der Waals surface area contributed by atoms with Gasteiger partial charge in [0.25, 0.3) is 0 Å². The number of likely N-dealkylation sites (tertiary alicyclic amines) is 1. The first-order valence-electron chi connectivity index (χ1n) is 6.65. The molecule has 0 radical (unpaired) electrons. The lowest BCUT2D eigenvalue weighted by atomic mass is 10.0. The highest BCUT2D eigenvalue weighted by molar-refractivity contribution is 5.17. The van der Waals surface area contributed by atoms with E-state index in [0.717, 1.165) is 32.5 Å². The van der Waals surface area contributed by atoms with Crippen LogP contribution in [0.3, 0.4) is 0 Å². The van der Waals surface area contributed by atoms with Gasteiger partial charge in [0.15, 0.2) is 0 Å². The molecule has 18 heavy (non-hydrogen) atoms. The van der Waals surface area contributed by atoms with Crippen molar-refractivity contribution in [1.29, 1.82) is 0 Å². The first-order chi connectivity index (χ1) is 8.85. The molecule has 0 aromatic heterocycles. The molecule has 100 valence electrons. The van der Waals surface area contributed by atoms with Crippen molar-refractivity contribution in [3.63, 3.8) is 0 Å². The van der Waals surface area contributed by atoms with E-state index in [1.54, 1.807) is 7.11 Å². The van der Waals surface area contributed by atoms with Crippen molar-refractivity contribution >= 4 is 0 Å². The maximum Gasteiger partial charge on any atom is 0.0741 e. The van der Waals surface area contributed by atoms with Gasteiger partial charge in [-0.1, -0.05) is 30.3 Å². The van der Waals surface area contributed by atoms with Crippen LogP contribution in [0.25, 0.3) is 0 Å². The maximum absolute atomic E-state index is 5.62. The Labute approximate surface area is 110 Å². The Morgan fingerprint density at radius 3 is 2.67 bits per heavy atom. The van der Waals surface area contributed by atoms with E-state index in [1.807, 2.05) is 7.11 Å². The highest BCUT2D eigenvalue weighted by Crippen LogP contribution is 2.23. The molecular weight excluding hydrogens is 226 g/mol. The highest BCUT2D eigenvalue weighted by Gasteiger charge is 2.33. The second-order valence-corrected chi connectivity index (χ2v) is 4.85. The summed E-state index contributed by atoms with van der Waals surface area (Å²) in [5.74, 6) is 0. The molecule has 1 heterocycles. The molecule has 3 nitrogen and oxygen atoms in total. The zero-order valence-corrected chi connectivity index (χ0v) is 11.3. The van der Waals surface area contributed by atoms with Gasteiger partial charge in [0, 0.05) is 33.4 Å². The number of methoxy groups -OCH3 is 2. The molecule has 1 aromatic carbocycles. The highest BCUT2D eigenvalue weighted by atomic mass is 16.5. The zero-order chi connectivity index (χ0) is 12.8. The number of rotatable bonds is 6. The molecule has 1 saturated heterocycles. The SMILES string of the molecule is COCCN1CC[C@@H](OC)[C@@H]1Cc1ccccc1. The lowest BCUT2D eigenvalue weighted by Gasteiger charge is -2.27. The Balaban J connectivity index is 2.00. The number of ether oxygens (including phenoxy) is 2. The zero-order valence-electron chi connectivity index (χ0n) is 11.3. The number of nitrogens with zero attached hydrogens (tertiary/aromatic N) is 1. The maximum atomic E-state index is 5.62. The van der Waals surface area contributed by atoms with Crippen molar-refractivity contribution in [2.75, 3.05) is 33.9 Å². The molecule has 0 bridgehead atoms. The summed E-state index contributed by atoms with van der Waals surface area (Å²) in [6.07, 6.45) is 2.53. The van der Waals surface area contributed by atoms with Gasteiger partial charge in [-0.2, -0.15) is 0 Å². The second-order valence-electron chi connectivity index (χ2n) is 4.85. The van der Waals surface area contributed by atoms with Gasteiger partial charge in [0.05, 0.1) is 12.7 Å². The van der Waals surface area contributed by atoms with Crippen LogP contribution in [0.4, 0.5) is 0 Å². The van der Waals surface area contributed by atoms with Crippen molar-refractivity contribution in [2.24, 2.45) is 0 Å². The molecule has 1 aromatic rings. The average molecular weight is 249 g/mol. The molecule has 0 N–H and O–H groups in total.